The van der Waals surface area contributed by atoms with Crippen LogP contribution < -0.4 is 20.5 Å². The highest BCUT2D eigenvalue weighted by Gasteiger charge is 2.38. The Labute approximate surface area is 279 Å². The number of aliphatic hydroxyl groups excluding tert-OH is 2. The van der Waals surface area contributed by atoms with Crippen LogP contribution in [0.2, 0.25) is 0 Å². The van der Waals surface area contributed by atoms with E-state index in [1.165, 1.54) is 11.3 Å². The highest BCUT2D eigenvalue weighted by Crippen LogP contribution is 2.39. The monoisotopic (exact) mass is 653 g/mol. The summed E-state index contributed by atoms with van der Waals surface area (Å²) in [6, 6.07) is 8.65. The van der Waals surface area contributed by atoms with Crippen LogP contribution in [0.1, 0.15) is 53.6 Å². The van der Waals surface area contributed by atoms with Gasteiger partial charge in [0.25, 0.3) is 5.91 Å². The molecule has 2 fully saturated rings. The number of hydrogen-bond acceptors (Lipinski definition) is 11. The van der Waals surface area contributed by atoms with Crippen molar-refractivity contribution in [2.75, 3.05) is 54.5 Å². The summed E-state index contributed by atoms with van der Waals surface area (Å²) in [4.78, 5) is 29.6. The smallest absolute Gasteiger partial charge is 0.276 e. The average Bonchev–Trinajstić information content (AvgIpc) is 3.54. The number of rotatable bonds is 7. The predicted molar refractivity (Wildman–Crippen MR) is 182 cm³/mol. The quantitative estimate of drug-likeness (QED) is 0.299. The first kappa shape index (κ1) is 31.0. The minimum absolute atomic E-state index is 0.122. The van der Waals surface area contributed by atoms with E-state index in [2.05, 4.69) is 61.0 Å². The van der Waals surface area contributed by atoms with Gasteiger partial charge in [0.15, 0.2) is 6.23 Å². The van der Waals surface area contributed by atoms with Gasteiger partial charge in [-0.05, 0) is 61.1 Å². The van der Waals surface area contributed by atoms with Gasteiger partial charge in [-0.25, -0.2) is 9.97 Å². The number of ether oxygens (including phenoxy) is 1. The van der Waals surface area contributed by atoms with Gasteiger partial charge in [-0.1, -0.05) is 13.8 Å². The van der Waals surface area contributed by atoms with E-state index in [4.69, 9.17) is 4.74 Å². The van der Waals surface area contributed by atoms with Crippen LogP contribution in [0.5, 0.6) is 0 Å². The molecule has 0 aromatic carbocycles. The second kappa shape index (κ2) is 12.0. The standard InChI is InChI=1S/C35H43N9O4/c1-21-17-41(24-19-48-20-24)8-9-42(21)23-4-5-31(37-16-23)38-28-13-27(39-40-33(28)46)25-6-7-36-32(26(25)18-45)44-11-10-43-29(34(44)47)12-22-14-35(2,3)15-30(22)43/h4-7,12-13,16,21,24,33,40,45-46H,8-11,14-15,17-20H2,1-3H3,(H,37,38)/t21-,33?/m0/s1. The molecule has 0 radical (unpaired) electrons. The summed E-state index contributed by atoms with van der Waals surface area (Å²) in [6.45, 7) is 12.1. The van der Waals surface area contributed by atoms with Crippen molar-refractivity contribution in [2.24, 2.45) is 10.5 Å². The molecule has 48 heavy (non-hydrogen) atoms. The maximum atomic E-state index is 13.8. The zero-order valence-corrected chi connectivity index (χ0v) is 27.7. The van der Waals surface area contributed by atoms with Gasteiger partial charge in [0.1, 0.15) is 17.3 Å². The van der Waals surface area contributed by atoms with Crippen molar-refractivity contribution < 1.29 is 19.7 Å². The number of allylic oxidation sites excluding steroid dienone is 1. The van der Waals surface area contributed by atoms with Crippen molar-refractivity contribution in [1.29, 1.82) is 0 Å². The van der Waals surface area contributed by atoms with Crippen molar-refractivity contribution in [1.82, 2.24) is 24.9 Å². The molecule has 3 aromatic rings. The van der Waals surface area contributed by atoms with Gasteiger partial charge < -0.3 is 29.7 Å². The van der Waals surface area contributed by atoms with Gasteiger partial charge in [0.2, 0.25) is 0 Å². The lowest BCUT2D eigenvalue weighted by molar-refractivity contribution is -0.0691. The fourth-order valence-electron chi connectivity index (χ4n) is 7.84. The van der Waals surface area contributed by atoms with E-state index >= 15 is 0 Å². The number of fused-ring (bicyclic) bond motifs is 3. The Morgan fingerprint density at radius 1 is 1.10 bits per heavy atom. The molecular weight excluding hydrogens is 610 g/mol. The number of hydrazone groups is 1. The number of aromatic nitrogens is 3. The lowest BCUT2D eigenvalue weighted by Gasteiger charge is -2.46. The maximum absolute atomic E-state index is 13.8. The van der Waals surface area contributed by atoms with Crippen LogP contribution in [0.15, 0.2) is 53.5 Å². The molecule has 0 saturated carbocycles. The van der Waals surface area contributed by atoms with Crippen LogP contribution in [0.25, 0.3) is 0 Å². The molecule has 5 aliphatic rings. The molecule has 8 rings (SSSR count). The first-order valence-electron chi connectivity index (χ1n) is 16.9. The fraction of sp³-hybridized carbons (Fsp3) is 0.486. The van der Waals surface area contributed by atoms with Crippen LogP contribution in [0.4, 0.5) is 17.3 Å². The molecule has 1 unspecified atom stereocenters. The Balaban J connectivity index is 0.994. The van der Waals surface area contributed by atoms with E-state index < -0.39 is 6.23 Å². The number of anilines is 3. The van der Waals surface area contributed by atoms with Crippen LogP contribution in [0.3, 0.4) is 0 Å². The van der Waals surface area contributed by atoms with Gasteiger partial charge in [0.05, 0.1) is 49.2 Å². The molecule has 3 aromatic heterocycles. The number of pyridine rings is 2. The summed E-state index contributed by atoms with van der Waals surface area (Å²) in [5.74, 6) is 0.876. The molecule has 0 bridgehead atoms. The number of nitrogens with one attached hydrogen (secondary N) is 2. The number of amides is 1. The van der Waals surface area contributed by atoms with Gasteiger partial charge in [0, 0.05) is 61.8 Å². The first-order valence-corrected chi connectivity index (χ1v) is 16.9. The topological polar surface area (TPSA) is 144 Å². The Hall–Kier alpha value is -4.30. The predicted octanol–water partition coefficient (Wildman–Crippen LogP) is 2.09. The van der Waals surface area contributed by atoms with E-state index in [1.807, 2.05) is 24.4 Å². The zero-order valence-electron chi connectivity index (χ0n) is 27.7. The molecule has 252 valence electrons. The highest BCUT2D eigenvalue weighted by molar-refractivity contribution is 6.12. The van der Waals surface area contributed by atoms with E-state index in [0.29, 0.717) is 65.0 Å². The second-order valence-corrected chi connectivity index (χ2v) is 14.3. The SMILES string of the molecule is C[C@H]1CN(C2COC2)CCN1c1ccc(NC2=CC(c3ccnc(N4CCn5c(cc6c5CC(C)(C)C6)C4=O)c3CO)=NNC2O)nc1. The summed E-state index contributed by atoms with van der Waals surface area (Å²) in [5, 5.41) is 29.0. The van der Waals surface area contributed by atoms with Crippen molar-refractivity contribution >= 4 is 28.9 Å². The molecule has 4 N–H and O–H groups in total. The Morgan fingerprint density at radius 3 is 2.69 bits per heavy atom. The van der Waals surface area contributed by atoms with Gasteiger partial charge in [-0.15, -0.1) is 0 Å². The fourth-order valence-corrected chi connectivity index (χ4v) is 7.84. The van der Waals surface area contributed by atoms with Gasteiger partial charge in [-0.3, -0.25) is 20.0 Å². The number of hydrogen-bond donors (Lipinski definition) is 4. The molecule has 1 aliphatic carbocycles. The largest absolute Gasteiger partial charge is 0.392 e. The second-order valence-electron chi connectivity index (χ2n) is 14.3. The molecule has 0 spiro atoms. The van der Waals surface area contributed by atoms with E-state index in [9.17, 15) is 15.0 Å². The lowest BCUT2D eigenvalue weighted by Crippen LogP contribution is -2.59. The molecule has 4 aliphatic heterocycles. The van der Waals surface area contributed by atoms with Crippen LogP contribution in [0, 0.1) is 5.41 Å². The molecule has 2 saturated heterocycles. The summed E-state index contributed by atoms with van der Waals surface area (Å²) in [7, 11) is 0. The maximum Gasteiger partial charge on any atom is 0.276 e. The third-order valence-corrected chi connectivity index (χ3v) is 10.4. The number of carbonyl (C=O) groups is 1. The molecule has 13 nitrogen and oxygen atoms in total. The number of carbonyl (C=O) groups excluding carboxylic acids is 1. The summed E-state index contributed by atoms with van der Waals surface area (Å²) < 4.78 is 7.55. The van der Waals surface area contributed by atoms with E-state index in [1.54, 1.807) is 23.2 Å². The molecular formula is C35H43N9O4. The molecule has 13 heteroatoms. The third kappa shape index (κ3) is 5.44. The lowest BCUT2D eigenvalue weighted by atomic mass is 9.90. The minimum atomic E-state index is -1.08. The number of piperazine rings is 1. The van der Waals surface area contributed by atoms with Crippen LogP contribution in [-0.4, -0.2) is 99.0 Å². The minimum Gasteiger partial charge on any atom is -0.392 e. The van der Waals surface area contributed by atoms with Crippen LogP contribution >= 0.6 is 0 Å². The highest BCUT2D eigenvalue weighted by atomic mass is 16.5. The van der Waals surface area contributed by atoms with Gasteiger partial charge >= 0.3 is 0 Å². The van der Waals surface area contributed by atoms with Crippen molar-refractivity contribution in [3.8, 4) is 0 Å². The average molecular weight is 654 g/mol. The van der Waals surface area contributed by atoms with E-state index in [-0.39, 0.29) is 17.9 Å². The third-order valence-electron chi connectivity index (χ3n) is 10.4. The normalized spacial score (nSPS) is 24.0. The Kier molecular flexibility index (Phi) is 7.74. The van der Waals surface area contributed by atoms with Crippen molar-refractivity contribution in [2.45, 2.75) is 65.1 Å². The van der Waals surface area contributed by atoms with Gasteiger partial charge in [-0.2, -0.15) is 5.10 Å². The molecule has 1 amide bonds. The first-order chi connectivity index (χ1) is 23.2. The van der Waals surface area contributed by atoms with Crippen molar-refractivity contribution in [3.63, 3.8) is 0 Å². The summed E-state index contributed by atoms with van der Waals surface area (Å²) in [6.07, 6.45) is 6.05. The summed E-state index contributed by atoms with van der Waals surface area (Å²) >= 11 is 0. The number of nitrogens with zero attached hydrogens (tertiary/aromatic N) is 7. The number of aliphatic hydroxyl groups is 2. The van der Waals surface area contributed by atoms with Crippen molar-refractivity contribution in [3.05, 3.63) is 76.5 Å². The molecule has 7 heterocycles. The Morgan fingerprint density at radius 2 is 1.96 bits per heavy atom. The van der Waals surface area contributed by atoms with Crippen LogP contribution in [-0.2, 0) is 30.7 Å². The van der Waals surface area contributed by atoms with E-state index in [0.717, 1.165) is 51.4 Å². The Bertz CT molecular complexity index is 1800. The summed E-state index contributed by atoms with van der Waals surface area (Å²) in [5.41, 5.74) is 9.26. The zero-order chi connectivity index (χ0) is 33.2. The molecule has 2 atom stereocenters.